The summed E-state index contributed by atoms with van der Waals surface area (Å²) in [6, 6.07) is 2.52. The van der Waals surface area contributed by atoms with Gasteiger partial charge in [-0.05, 0) is 19.1 Å². The molecule has 0 aliphatic carbocycles. The Morgan fingerprint density at radius 3 is 2.62 bits per heavy atom. The van der Waals surface area contributed by atoms with Crippen LogP contribution in [-0.2, 0) is 15.1 Å². The second kappa shape index (κ2) is 3.26. The molecule has 1 atom stereocenters. The van der Waals surface area contributed by atoms with Gasteiger partial charge in [0.05, 0.1) is 0 Å². The third-order valence-corrected chi connectivity index (χ3v) is 2.37. The quantitative estimate of drug-likeness (QED) is 0.778. The number of aliphatic imine (C=N–C) groups is 1. The van der Waals surface area contributed by atoms with Crippen molar-refractivity contribution in [1.29, 1.82) is 0 Å². The van der Waals surface area contributed by atoms with Crippen molar-refractivity contribution in [2.24, 2.45) is 10.7 Å². The number of nitrogens with two attached hydrogens (primary N) is 1. The monoisotopic (exact) mass is 226 g/mol. The fourth-order valence-corrected chi connectivity index (χ4v) is 1.53. The lowest BCUT2D eigenvalue weighted by atomic mass is 9.95. The lowest BCUT2D eigenvalue weighted by Crippen LogP contribution is -2.33. The predicted molar refractivity (Wildman–Crippen MR) is 51.4 cm³/mol. The highest BCUT2D eigenvalue weighted by molar-refractivity contribution is 6.01. The molecule has 0 radical (unpaired) electrons. The molecule has 6 heteroatoms. The molecule has 4 nitrogen and oxygen atoms in total. The second-order valence-corrected chi connectivity index (χ2v) is 3.51. The Balaban J connectivity index is 2.49. The molecule has 84 valence electrons. The molecule has 0 saturated heterocycles. The van der Waals surface area contributed by atoms with E-state index < -0.39 is 23.1 Å². The van der Waals surface area contributed by atoms with E-state index in [4.69, 9.17) is 10.5 Å². The molecule has 0 bridgehead atoms. The average Bonchev–Trinajstić information content (AvgIpc) is 2.40. The van der Waals surface area contributed by atoms with E-state index in [2.05, 4.69) is 4.99 Å². The molecule has 1 amide bonds. The van der Waals surface area contributed by atoms with E-state index in [0.29, 0.717) is 6.07 Å². The summed E-state index contributed by atoms with van der Waals surface area (Å²) in [7, 11) is 0. The third-order valence-electron chi connectivity index (χ3n) is 2.37. The summed E-state index contributed by atoms with van der Waals surface area (Å²) < 4.78 is 31.2. The predicted octanol–water partition coefficient (Wildman–Crippen LogP) is 1.05. The first-order valence-electron chi connectivity index (χ1n) is 4.46. The molecule has 1 aliphatic rings. The minimum Gasteiger partial charge on any atom is -0.443 e. The van der Waals surface area contributed by atoms with Crippen molar-refractivity contribution in [3.05, 3.63) is 35.4 Å². The average molecular weight is 226 g/mol. The lowest BCUT2D eigenvalue weighted by molar-refractivity contribution is -0.130. The maximum absolute atomic E-state index is 13.5. The molecule has 1 aromatic carbocycles. The van der Waals surface area contributed by atoms with Crippen molar-refractivity contribution in [3.8, 4) is 0 Å². The van der Waals surface area contributed by atoms with Crippen LogP contribution < -0.4 is 5.73 Å². The molecule has 2 rings (SSSR count). The van der Waals surface area contributed by atoms with Gasteiger partial charge in [0.25, 0.3) is 11.9 Å². The number of carbonyl (C=O) groups is 1. The molecule has 1 unspecified atom stereocenters. The maximum atomic E-state index is 13.5. The van der Waals surface area contributed by atoms with Crippen LogP contribution in [0.25, 0.3) is 0 Å². The standard InChI is InChI=1S/C10H8F2N2O2/c1-10(8(15)14-9(13)16-10)6-3-2-5(11)4-7(6)12/h2-4H,1H3,(H2,13,14,15). The number of amides is 1. The van der Waals surface area contributed by atoms with Gasteiger partial charge in [0.1, 0.15) is 11.6 Å². The van der Waals surface area contributed by atoms with Crippen molar-refractivity contribution in [2.45, 2.75) is 12.5 Å². The Labute approximate surface area is 89.7 Å². The summed E-state index contributed by atoms with van der Waals surface area (Å²) in [5.41, 5.74) is 3.52. The minimum atomic E-state index is -1.61. The number of ether oxygens (including phenoxy) is 1. The van der Waals surface area contributed by atoms with Crippen molar-refractivity contribution in [2.75, 3.05) is 0 Å². The van der Waals surface area contributed by atoms with Crippen LogP contribution in [0.15, 0.2) is 23.2 Å². The molecule has 16 heavy (non-hydrogen) atoms. The fourth-order valence-electron chi connectivity index (χ4n) is 1.53. The van der Waals surface area contributed by atoms with Crippen LogP contribution in [0.5, 0.6) is 0 Å². The summed E-state index contributed by atoms with van der Waals surface area (Å²) in [5.74, 6) is -2.32. The van der Waals surface area contributed by atoms with E-state index >= 15 is 0 Å². The molecule has 0 spiro atoms. The zero-order valence-corrected chi connectivity index (χ0v) is 8.33. The Hall–Kier alpha value is -1.98. The third kappa shape index (κ3) is 1.42. The molecule has 0 fully saturated rings. The molecule has 0 saturated carbocycles. The fraction of sp³-hybridized carbons (Fsp3) is 0.200. The Bertz CT molecular complexity index is 502. The highest BCUT2D eigenvalue weighted by atomic mass is 19.1. The van der Waals surface area contributed by atoms with Gasteiger partial charge in [0.2, 0.25) is 5.60 Å². The summed E-state index contributed by atoms with van der Waals surface area (Å²) in [6.45, 7) is 1.33. The lowest BCUT2D eigenvalue weighted by Gasteiger charge is -2.21. The van der Waals surface area contributed by atoms with Crippen LogP contribution in [0.4, 0.5) is 8.78 Å². The van der Waals surface area contributed by atoms with Gasteiger partial charge in [-0.1, -0.05) is 0 Å². The van der Waals surface area contributed by atoms with Gasteiger partial charge in [-0.3, -0.25) is 4.79 Å². The van der Waals surface area contributed by atoms with E-state index in [0.717, 1.165) is 12.1 Å². The number of amidine groups is 1. The number of halogens is 2. The maximum Gasteiger partial charge on any atom is 0.299 e. The first-order chi connectivity index (χ1) is 7.43. The van der Waals surface area contributed by atoms with Gasteiger partial charge in [-0.2, -0.15) is 4.99 Å². The summed E-state index contributed by atoms with van der Waals surface area (Å²) in [6.07, 6.45) is 0. The summed E-state index contributed by atoms with van der Waals surface area (Å²) in [5, 5.41) is 0. The Kier molecular flexibility index (Phi) is 2.15. The van der Waals surface area contributed by atoms with Crippen LogP contribution in [0.1, 0.15) is 12.5 Å². The van der Waals surface area contributed by atoms with Crippen LogP contribution in [0.2, 0.25) is 0 Å². The normalized spacial score (nSPS) is 24.2. The second-order valence-electron chi connectivity index (χ2n) is 3.51. The zero-order valence-electron chi connectivity index (χ0n) is 8.33. The van der Waals surface area contributed by atoms with E-state index in [1.807, 2.05) is 0 Å². The van der Waals surface area contributed by atoms with Crippen LogP contribution in [0, 0.1) is 11.6 Å². The van der Waals surface area contributed by atoms with Crippen molar-refractivity contribution < 1.29 is 18.3 Å². The van der Waals surface area contributed by atoms with Crippen molar-refractivity contribution >= 4 is 11.9 Å². The van der Waals surface area contributed by atoms with Crippen LogP contribution in [-0.4, -0.2) is 11.9 Å². The molecule has 2 N–H and O–H groups in total. The Morgan fingerprint density at radius 2 is 2.12 bits per heavy atom. The van der Waals surface area contributed by atoms with E-state index in [1.165, 1.54) is 6.92 Å². The number of benzene rings is 1. The van der Waals surface area contributed by atoms with Crippen LogP contribution in [0.3, 0.4) is 0 Å². The van der Waals surface area contributed by atoms with E-state index in [1.54, 1.807) is 0 Å². The molecule has 1 aliphatic heterocycles. The Morgan fingerprint density at radius 1 is 1.44 bits per heavy atom. The largest absolute Gasteiger partial charge is 0.443 e. The van der Waals surface area contributed by atoms with Gasteiger partial charge >= 0.3 is 0 Å². The van der Waals surface area contributed by atoms with Gasteiger partial charge in [-0.25, -0.2) is 8.78 Å². The van der Waals surface area contributed by atoms with Crippen molar-refractivity contribution in [1.82, 2.24) is 0 Å². The first kappa shape index (κ1) is 10.5. The van der Waals surface area contributed by atoms with Gasteiger partial charge in [0, 0.05) is 11.6 Å². The first-order valence-corrected chi connectivity index (χ1v) is 4.46. The highest BCUT2D eigenvalue weighted by Crippen LogP contribution is 2.32. The molecular formula is C10H8F2N2O2. The smallest absolute Gasteiger partial charge is 0.299 e. The van der Waals surface area contributed by atoms with Gasteiger partial charge < -0.3 is 10.5 Å². The van der Waals surface area contributed by atoms with Gasteiger partial charge in [-0.15, -0.1) is 0 Å². The zero-order chi connectivity index (χ0) is 11.9. The number of rotatable bonds is 1. The molecule has 1 aromatic rings. The summed E-state index contributed by atoms with van der Waals surface area (Å²) in [4.78, 5) is 14.8. The number of hydrogen-bond acceptors (Lipinski definition) is 3. The summed E-state index contributed by atoms with van der Waals surface area (Å²) >= 11 is 0. The minimum absolute atomic E-state index is 0.0944. The van der Waals surface area contributed by atoms with Crippen LogP contribution >= 0.6 is 0 Å². The molecule has 1 heterocycles. The number of carbonyl (C=O) groups excluding carboxylic acids is 1. The topological polar surface area (TPSA) is 64.7 Å². The van der Waals surface area contributed by atoms with Crippen molar-refractivity contribution in [3.63, 3.8) is 0 Å². The van der Waals surface area contributed by atoms with E-state index in [9.17, 15) is 13.6 Å². The molecule has 0 aromatic heterocycles. The van der Waals surface area contributed by atoms with E-state index in [-0.39, 0.29) is 11.6 Å². The highest BCUT2D eigenvalue weighted by Gasteiger charge is 2.45. The number of nitrogens with zero attached hydrogens (tertiary/aromatic N) is 1. The SMILES string of the molecule is CC1(c2ccc(F)cc2F)OC(N)=NC1=O. The molecular weight excluding hydrogens is 218 g/mol. The number of hydrogen-bond donors (Lipinski definition) is 1. The van der Waals surface area contributed by atoms with Gasteiger partial charge in [0.15, 0.2) is 0 Å².